The van der Waals surface area contributed by atoms with Crippen molar-refractivity contribution in [2.24, 2.45) is 0 Å². The Labute approximate surface area is 225 Å². The van der Waals surface area contributed by atoms with Gasteiger partial charge in [-0.1, -0.05) is 74.3 Å². The molecule has 0 unspecified atom stereocenters. The number of rotatable bonds is 8. The fraction of sp³-hybridized carbons (Fsp3) is 0.444. The van der Waals surface area contributed by atoms with Gasteiger partial charge in [0.25, 0.3) is 5.91 Å². The average Bonchev–Trinajstić information content (AvgIpc) is 2.77. The topological polar surface area (TPSA) is 29.5 Å². The lowest BCUT2D eigenvalue weighted by molar-refractivity contribution is -0.188. The second-order valence-corrected chi connectivity index (χ2v) is 12.5. The van der Waals surface area contributed by atoms with Crippen molar-refractivity contribution >= 4 is 40.9 Å². The van der Waals surface area contributed by atoms with E-state index in [9.17, 15) is 18.0 Å². The summed E-state index contributed by atoms with van der Waals surface area (Å²) < 4.78 is 47.6. The number of hydrogen-bond acceptors (Lipinski definition) is 3. The molecule has 0 saturated carbocycles. The molecule has 1 aliphatic rings. The molecule has 4 atom stereocenters. The first kappa shape index (κ1) is 28.9. The lowest BCUT2D eigenvalue weighted by Gasteiger charge is -2.48. The Morgan fingerprint density at radius 2 is 1.75 bits per heavy atom. The number of ether oxygens (including phenoxy) is 1. The largest absolute Gasteiger partial charge is 0.391 e. The van der Waals surface area contributed by atoms with E-state index in [4.69, 9.17) is 27.9 Å². The summed E-state index contributed by atoms with van der Waals surface area (Å²) in [6, 6.07) is 11.8. The smallest absolute Gasteiger partial charge is 0.358 e. The summed E-state index contributed by atoms with van der Waals surface area (Å²) in [5.41, 5.74) is 1.30. The molecule has 0 bridgehead atoms. The van der Waals surface area contributed by atoms with Crippen LogP contribution in [0.2, 0.25) is 10.0 Å². The van der Waals surface area contributed by atoms with Crippen molar-refractivity contribution in [3.05, 3.63) is 82.4 Å². The van der Waals surface area contributed by atoms with Crippen LogP contribution in [0.15, 0.2) is 61.2 Å². The Bertz CT molecular complexity index is 1060. The van der Waals surface area contributed by atoms with Gasteiger partial charge in [-0.05, 0) is 35.4 Å². The van der Waals surface area contributed by atoms with Crippen LogP contribution < -0.4 is 0 Å². The maximum absolute atomic E-state index is 13.9. The van der Waals surface area contributed by atoms with Crippen molar-refractivity contribution in [2.45, 2.75) is 68.8 Å². The summed E-state index contributed by atoms with van der Waals surface area (Å²) in [4.78, 5) is 15.2. The van der Waals surface area contributed by atoms with Crippen molar-refractivity contribution in [3.63, 3.8) is 0 Å². The second-order valence-electron chi connectivity index (χ2n) is 9.76. The Balaban J connectivity index is 2.19. The quantitative estimate of drug-likeness (QED) is 0.304. The lowest BCUT2D eigenvalue weighted by Crippen LogP contribution is -2.56. The Hall–Kier alpha value is -1.67. The van der Waals surface area contributed by atoms with Gasteiger partial charge in [0.05, 0.1) is 18.5 Å². The molecule has 9 heteroatoms. The minimum Gasteiger partial charge on any atom is -0.358 e. The number of amides is 1. The molecule has 1 saturated heterocycles. The second kappa shape index (κ2) is 11.8. The lowest BCUT2D eigenvalue weighted by atomic mass is 9.89. The highest BCUT2D eigenvalue weighted by atomic mass is 35.5. The highest BCUT2D eigenvalue weighted by Crippen LogP contribution is 2.46. The van der Waals surface area contributed by atoms with E-state index < -0.39 is 42.8 Å². The highest BCUT2D eigenvalue weighted by molar-refractivity contribution is 8.00. The molecule has 196 valence electrons. The molecule has 0 spiro atoms. The summed E-state index contributed by atoms with van der Waals surface area (Å²) in [7, 11) is 0. The van der Waals surface area contributed by atoms with E-state index in [1.165, 1.54) is 16.7 Å². The molecular formula is C27H30Cl2F3NO2S. The zero-order valence-electron chi connectivity index (χ0n) is 20.4. The summed E-state index contributed by atoms with van der Waals surface area (Å²) in [5.74, 6) is -0.376. The Morgan fingerprint density at radius 1 is 1.08 bits per heavy atom. The fourth-order valence-electron chi connectivity index (χ4n) is 4.26. The molecule has 3 rings (SSSR count). The van der Waals surface area contributed by atoms with Crippen LogP contribution in [0.25, 0.3) is 0 Å². The standard InChI is InChI=1S/C27H30Cl2F3NO2S/c1-5-7-22-25(34)33(21(15-27(30,31)32)16-36-26(2,3)4)23(17-10-12-19(28)13-11-17)24(35-22)18-8-6-9-20(29)14-18/h5-6,8-14,21-24H,1,7,15-16H2,2-4H3/t21-,22+,23-,24-/m1/s1. The van der Waals surface area contributed by atoms with E-state index in [2.05, 4.69) is 6.58 Å². The first-order chi connectivity index (χ1) is 16.8. The predicted molar refractivity (Wildman–Crippen MR) is 142 cm³/mol. The van der Waals surface area contributed by atoms with Crippen LogP contribution in [0.4, 0.5) is 13.2 Å². The van der Waals surface area contributed by atoms with Crippen LogP contribution in [0.5, 0.6) is 0 Å². The number of hydrogen-bond donors (Lipinski definition) is 0. The Morgan fingerprint density at radius 3 is 2.31 bits per heavy atom. The number of carbonyl (C=O) groups excluding carboxylic acids is 1. The van der Waals surface area contributed by atoms with Crippen LogP contribution in [-0.4, -0.2) is 39.6 Å². The molecule has 0 radical (unpaired) electrons. The molecule has 0 aliphatic carbocycles. The first-order valence-corrected chi connectivity index (χ1v) is 13.3. The molecule has 2 aromatic carbocycles. The number of alkyl halides is 3. The Kier molecular flexibility index (Phi) is 9.47. The van der Waals surface area contributed by atoms with Gasteiger partial charge in [0, 0.05) is 27.0 Å². The van der Waals surface area contributed by atoms with Gasteiger partial charge in [0.15, 0.2) is 0 Å². The monoisotopic (exact) mass is 559 g/mol. The number of benzene rings is 2. The highest BCUT2D eigenvalue weighted by Gasteiger charge is 2.48. The van der Waals surface area contributed by atoms with Crippen molar-refractivity contribution in [3.8, 4) is 0 Å². The van der Waals surface area contributed by atoms with Crippen molar-refractivity contribution in [2.75, 3.05) is 5.75 Å². The molecule has 1 heterocycles. The molecule has 0 N–H and O–H groups in total. The van der Waals surface area contributed by atoms with Crippen molar-refractivity contribution < 1.29 is 22.7 Å². The number of carbonyl (C=O) groups is 1. The predicted octanol–water partition coefficient (Wildman–Crippen LogP) is 8.43. The first-order valence-electron chi connectivity index (χ1n) is 11.6. The third-order valence-electron chi connectivity index (χ3n) is 5.77. The van der Waals surface area contributed by atoms with Gasteiger partial charge in [0.1, 0.15) is 12.2 Å². The normalized spacial score (nSPS) is 21.9. The third-order valence-corrected chi connectivity index (χ3v) is 7.67. The number of thioether (sulfide) groups is 1. The molecule has 1 amide bonds. The van der Waals surface area contributed by atoms with Crippen molar-refractivity contribution in [1.82, 2.24) is 4.90 Å². The van der Waals surface area contributed by atoms with Gasteiger partial charge in [-0.2, -0.15) is 24.9 Å². The molecule has 2 aromatic rings. The van der Waals surface area contributed by atoms with Crippen molar-refractivity contribution in [1.29, 1.82) is 0 Å². The number of nitrogens with zero attached hydrogens (tertiary/aromatic N) is 1. The average molecular weight is 561 g/mol. The van der Waals surface area contributed by atoms with Crippen LogP contribution in [0.1, 0.15) is 56.9 Å². The maximum Gasteiger partial charge on any atom is 0.391 e. The molecular weight excluding hydrogens is 530 g/mol. The fourth-order valence-corrected chi connectivity index (χ4v) is 5.56. The zero-order valence-corrected chi connectivity index (χ0v) is 22.7. The van der Waals surface area contributed by atoms with E-state index in [0.29, 0.717) is 21.2 Å². The van der Waals surface area contributed by atoms with Crippen LogP contribution in [0.3, 0.4) is 0 Å². The van der Waals surface area contributed by atoms with Gasteiger partial charge >= 0.3 is 6.18 Å². The summed E-state index contributed by atoms with van der Waals surface area (Å²) in [6.45, 7) is 9.54. The minimum absolute atomic E-state index is 0.113. The van der Waals surface area contributed by atoms with E-state index >= 15 is 0 Å². The minimum atomic E-state index is -4.47. The zero-order chi connectivity index (χ0) is 26.7. The number of morpholine rings is 1. The maximum atomic E-state index is 13.9. The molecule has 3 nitrogen and oxygen atoms in total. The molecule has 1 fully saturated rings. The van der Waals surface area contributed by atoms with E-state index in [1.807, 2.05) is 20.8 Å². The van der Waals surface area contributed by atoms with Gasteiger partial charge in [0.2, 0.25) is 0 Å². The van der Waals surface area contributed by atoms with Crippen LogP contribution in [-0.2, 0) is 9.53 Å². The third kappa shape index (κ3) is 7.67. The summed E-state index contributed by atoms with van der Waals surface area (Å²) in [5, 5.41) is 0.942. The van der Waals surface area contributed by atoms with E-state index in [0.717, 1.165) is 0 Å². The summed E-state index contributed by atoms with van der Waals surface area (Å²) >= 11 is 13.8. The molecule has 0 aromatic heterocycles. The number of halogens is 5. The molecule has 36 heavy (non-hydrogen) atoms. The van der Waals surface area contributed by atoms with E-state index in [-0.39, 0.29) is 16.9 Å². The van der Waals surface area contributed by atoms with E-state index in [1.54, 1.807) is 54.6 Å². The van der Waals surface area contributed by atoms with Gasteiger partial charge in [-0.25, -0.2) is 0 Å². The summed E-state index contributed by atoms with van der Waals surface area (Å²) in [6.07, 6.45) is -5.60. The van der Waals surface area contributed by atoms with Gasteiger partial charge in [-0.3, -0.25) is 4.79 Å². The SMILES string of the molecule is C=CC[C@@H]1O[C@H](c2cccc(Cl)c2)[C@@H](c2ccc(Cl)cc2)N([C@@H](CSC(C)(C)C)CC(F)(F)F)C1=O. The molecule has 1 aliphatic heterocycles. The van der Waals surface area contributed by atoms with Crippen LogP contribution in [0, 0.1) is 0 Å². The van der Waals surface area contributed by atoms with Gasteiger partial charge in [-0.15, -0.1) is 6.58 Å². The van der Waals surface area contributed by atoms with Gasteiger partial charge < -0.3 is 9.64 Å². The van der Waals surface area contributed by atoms with Crippen LogP contribution >= 0.6 is 35.0 Å².